The molecule has 5 nitrogen and oxygen atoms in total. The van der Waals surface area contributed by atoms with Gasteiger partial charge in [0.1, 0.15) is 11.5 Å². The molecule has 0 spiro atoms. The number of aliphatic hydroxyl groups excluding tert-OH is 1. The number of hydrogen-bond acceptors (Lipinski definition) is 4. The van der Waals surface area contributed by atoms with Crippen molar-refractivity contribution in [1.82, 2.24) is 10.7 Å². The van der Waals surface area contributed by atoms with Gasteiger partial charge in [-0.25, -0.2) is 0 Å². The molecule has 1 heterocycles. The van der Waals surface area contributed by atoms with Crippen molar-refractivity contribution in [1.29, 1.82) is 0 Å². The molecule has 25 heavy (non-hydrogen) atoms. The minimum absolute atomic E-state index is 0.0785. The minimum Gasteiger partial charge on any atom is -0.455 e. The number of rotatable bonds is 5. The standard InChI is InChI=1S/C15H13ClF3N3O2S/c16-12-3-1-9(15(17,18)19)7-11(12)13-4-2-10(24-13)8-21-22-14(25)20-5-6-23/h1-4,7-8,23H,5-6H2,(H2,20,22,25)/b21-8+. The molecule has 1 aromatic carbocycles. The van der Waals surface area contributed by atoms with Crippen LogP contribution >= 0.6 is 23.8 Å². The molecular formula is C15H13ClF3N3O2S. The van der Waals surface area contributed by atoms with Gasteiger partial charge in [0.25, 0.3) is 0 Å². The van der Waals surface area contributed by atoms with Crippen LogP contribution in [0.4, 0.5) is 13.2 Å². The minimum atomic E-state index is -4.47. The number of furan rings is 1. The Morgan fingerprint density at radius 3 is 2.76 bits per heavy atom. The number of hydrazone groups is 1. The van der Waals surface area contributed by atoms with E-state index < -0.39 is 11.7 Å². The first kappa shape index (κ1) is 19.2. The van der Waals surface area contributed by atoms with Gasteiger partial charge in [-0.2, -0.15) is 18.3 Å². The zero-order valence-corrected chi connectivity index (χ0v) is 14.2. The van der Waals surface area contributed by atoms with Crippen LogP contribution in [0.3, 0.4) is 0 Å². The molecule has 3 N–H and O–H groups in total. The quantitative estimate of drug-likeness (QED) is 0.414. The first-order valence-corrected chi connectivity index (χ1v) is 7.74. The molecule has 0 aliphatic carbocycles. The second kappa shape index (κ2) is 8.32. The highest BCUT2D eigenvalue weighted by molar-refractivity contribution is 7.80. The molecule has 0 bridgehead atoms. The van der Waals surface area contributed by atoms with Gasteiger partial charge >= 0.3 is 6.18 Å². The maximum absolute atomic E-state index is 12.8. The Morgan fingerprint density at radius 1 is 1.32 bits per heavy atom. The van der Waals surface area contributed by atoms with Gasteiger partial charge in [0.2, 0.25) is 0 Å². The summed E-state index contributed by atoms with van der Waals surface area (Å²) in [7, 11) is 0. The van der Waals surface area contributed by atoms with Gasteiger partial charge in [0.15, 0.2) is 5.11 Å². The topological polar surface area (TPSA) is 69.8 Å². The second-order valence-corrected chi connectivity index (χ2v) is 5.56. The average molecular weight is 392 g/mol. The molecule has 0 unspecified atom stereocenters. The molecule has 2 rings (SSSR count). The van der Waals surface area contributed by atoms with Gasteiger partial charge in [0.05, 0.1) is 23.4 Å². The van der Waals surface area contributed by atoms with E-state index in [0.29, 0.717) is 5.76 Å². The van der Waals surface area contributed by atoms with Crippen LogP contribution in [-0.2, 0) is 6.18 Å². The lowest BCUT2D eigenvalue weighted by Gasteiger charge is -2.09. The lowest BCUT2D eigenvalue weighted by atomic mass is 10.1. The largest absolute Gasteiger partial charge is 0.455 e. The number of benzene rings is 1. The van der Waals surface area contributed by atoms with Crippen molar-refractivity contribution in [2.45, 2.75) is 6.18 Å². The Balaban J connectivity index is 2.12. The van der Waals surface area contributed by atoms with Crippen molar-refractivity contribution in [3.05, 3.63) is 46.7 Å². The number of nitrogens with one attached hydrogen (secondary N) is 2. The smallest absolute Gasteiger partial charge is 0.416 e. The van der Waals surface area contributed by atoms with E-state index >= 15 is 0 Å². The highest BCUT2D eigenvalue weighted by Gasteiger charge is 2.31. The van der Waals surface area contributed by atoms with Crippen molar-refractivity contribution >= 4 is 35.1 Å². The molecular weight excluding hydrogens is 379 g/mol. The van der Waals surface area contributed by atoms with Crippen LogP contribution in [0.1, 0.15) is 11.3 Å². The lowest BCUT2D eigenvalue weighted by Crippen LogP contribution is -2.33. The number of aliphatic hydroxyl groups is 1. The van der Waals surface area contributed by atoms with E-state index in [0.717, 1.165) is 12.1 Å². The monoisotopic (exact) mass is 391 g/mol. The van der Waals surface area contributed by atoms with Crippen molar-refractivity contribution in [3.63, 3.8) is 0 Å². The van der Waals surface area contributed by atoms with Crippen LogP contribution in [0.2, 0.25) is 5.02 Å². The number of hydrogen-bond donors (Lipinski definition) is 3. The fourth-order valence-electron chi connectivity index (χ4n) is 1.82. The maximum Gasteiger partial charge on any atom is 0.416 e. The van der Waals surface area contributed by atoms with E-state index in [1.807, 2.05) is 0 Å². The van der Waals surface area contributed by atoms with Gasteiger partial charge < -0.3 is 14.8 Å². The highest BCUT2D eigenvalue weighted by atomic mass is 35.5. The second-order valence-electron chi connectivity index (χ2n) is 4.74. The lowest BCUT2D eigenvalue weighted by molar-refractivity contribution is -0.137. The maximum atomic E-state index is 12.8. The summed E-state index contributed by atoms with van der Waals surface area (Å²) in [5.74, 6) is 0.472. The summed E-state index contributed by atoms with van der Waals surface area (Å²) in [6, 6.07) is 6.02. The molecule has 0 fully saturated rings. The summed E-state index contributed by atoms with van der Waals surface area (Å²) in [5, 5.41) is 15.5. The van der Waals surface area contributed by atoms with E-state index in [1.165, 1.54) is 24.4 Å². The molecule has 0 saturated carbocycles. The van der Waals surface area contributed by atoms with Crippen LogP contribution in [0, 0.1) is 0 Å². The molecule has 0 saturated heterocycles. The summed E-state index contributed by atoms with van der Waals surface area (Å²) < 4.78 is 43.9. The molecule has 10 heteroatoms. The number of nitrogens with zero attached hydrogens (tertiary/aromatic N) is 1. The highest BCUT2D eigenvalue weighted by Crippen LogP contribution is 2.36. The van der Waals surface area contributed by atoms with E-state index in [-0.39, 0.29) is 34.6 Å². The summed E-state index contributed by atoms with van der Waals surface area (Å²) >= 11 is 10.8. The fourth-order valence-corrected chi connectivity index (χ4v) is 2.19. The predicted molar refractivity (Wildman–Crippen MR) is 92.6 cm³/mol. The summed E-state index contributed by atoms with van der Waals surface area (Å²) in [5.41, 5.74) is 1.81. The third kappa shape index (κ3) is 5.45. The van der Waals surface area contributed by atoms with Gasteiger partial charge in [-0.05, 0) is 42.5 Å². The van der Waals surface area contributed by atoms with Gasteiger partial charge in [-0.1, -0.05) is 11.6 Å². The van der Waals surface area contributed by atoms with Crippen molar-refractivity contribution in [2.75, 3.05) is 13.2 Å². The summed E-state index contributed by atoms with van der Waals surface area (Å²) in [6.07, 6.45) is -3.17. The van der Waals surface area contributed by atoms with Gasteiger partial charge in [-0.15, -0.1) is 0 Å². The van der Waals surface area contributed by atoms with Crippen molar-refractivity contribution in [3.8, 4) is 11.3 Å². The Morgan fingerprint density at radius 2 is 2.08 bits per heavy atom. The average Bonchev–Trinajstić information content (AvgIpc) is 3.01. The molecule has 0 aliphatic heterocycles. The number of thiocarbonyl (C=S) groups is 1. The van der Waals surface area contributed by atoms with Gasteiger partial charge in [-0.3, -0.25) is 5.43 Å². The predicted octanol–water partition coefficient (Wildman–Crippen LogP) is 3.41. The molecule has 2 aromatic rings. The zero-order valence-electron chi connectivity index (χ0n) is 12.6. The van der Waals surface area contributed by atoms with Gasteiger partial charge in [0, 0.05) is 12.1 Å². The van der Waals surface area contributed by atoms with E-state index in [1.54, 1.807) is 0 Å². The van der Waals surface area contributed by atoms with Crippen molar-refractivity contribution in [2.24, 2.45) is 5.10 Å². The molecule has 134 valence electrons. The zero-order chi connectivity index (χ0) is 18.4. The van der Waals surface area contributed by atoms with Crippen LogP contribution in [0.5, 0.6) is 0 Å². The SMILES string of the molecule is OCCNC(=S)N/N=C/c1ccc(-c2cc(C(F)(F)F)ccc2Cl)o1. The van der Waals surface area contributed by atoms with E-state index in [2.05, 4.69) is 15.8 Å². The van der Waals surface area contributed by atoms with E-state index in [4.69, 9.17) is 33.3 Å². The summed E-state index contributed by atoms with van der Waals surface area (Å²) in [4.78, 5) is 0. The summed E-state index contributed by atoms with van der Waals surface area (Å²) in [6.45, 7) is 0.200. The molecule has 0 amide bonds. The van der Waals surface area contributed by atoms with Crippen LogP contribution < -0.4 is 10.7 Å². The van der Waals surface area contributed by atoms with Crippen LogP contribution in [0.25, 0.3) is 11.3 Å². The Kier molecular flexibility index (Phi) is 6.40. The Hall–Kier alpha value is -2.10. The fraction of sp³-hybridized carbons (Fsp3) is 0.200. The third-order valence-corrected chi connectivity index (χ3v) is 3.51. The van der Waals surface area contributed by atoms with E-state index in [9.17, 15) is 13.2 Å². The van der Waals surface area contributed by atoms with Crippen LogP contribution in [-0.4, -0.2) is 29.6 Å². The first-order valence-electron chi connectivity index (χ1n) is 6.96. The normalized spacial score (nSPS) is 11.7. The molecule has 0 radical (unpaired) electrons. The Labute approximate surface area is 151 Å². The molecule has 0 aliphatic rings. The Bertz CT molecular complexity index is 778. The van der Waals surface area contributed by atoms with Crippen molar-refractivity contribution < 1.29 is 22.7 Å². The third-order valence-electron chi connectivity index (χ3n) is 2.94. The molecule has 0 atom stereocenters. The number of alkyl halides is 3. The van der Waals surface area contributed by atoms with Crippen LogP contribution in [0.15, 0.2) is 39.9 Å². The first-order chi connectivity index (χ1) is 11.8. The number of halogens is 4. The molecule has 1 aromatic heterocycles.